The van der Waals surface area contributed by atoms with Crippen LogP contribution in [0.1, 0.15) is 21.6 Å². The Balaban J connectivity index is 0.000000567. The molecule has 0 fully saturated rings. The average Bonchev–Trinajstić information content (AvgIpc) is 2.70. The lowest BCUT2D eigenvalue weighted by Gasteiger charge is -2.02. The number of carbonyl (C=O) groups excluding carboxylic acids is 1. The minimum absolute atomic E-state index is 0. The summed E-state index contributed by atoms with van der Waals surface area (Å²) < 4.78 is 8.81. The molecule has 154 valence electrons. The van der Waals surface area contributed by atoms with Gasteiger partial charge in [0.05, 0.1) is 7.11 Å². The van der Waals surface area contributed by atoms with E-state index in [2.05, 4.69) is 5.16 Å². The topological polar surface area (TPSA) is 66.7 Å². The molecule has 0 spiro atoms. The van der Waals surface area contributed by atoms with Gasteiger partial charge in [-0.25, -0.2) is 9.13 Å². The van der Waals surface area contributed by atoms with Crippen LogP contribution in [0.5, 0.6) is 5.75 Å². The lowest BCUT2D eigenvalue weighted by molar-refractivity contribution is -0.672. The Bertz CT molecular complexity index is 915. The molecule has 0 saturated carbocycles. The summed E-state index contributed by atoms with van der Waals surface area (Å²) in [5.41, 5.74) is 2.22. The molecule has 0 unspecified atom stereocenters. The SMILES string of the molecule is COc1ccc(C(=O)c2cc[n+](C)cc2)cc1.C[n+]1ccccc1C=NO.[I-].[I-]. The minimum Gasteiger partial charge on any atom is -1.00 e. The third-order valence-corrected chi connectivity index (χ3v) is 3.88. The van der Waals surface area contributed by atoms with E-state index in [1.807, 2.05) is 72.2 Å². The van der Waals surface area contributed by atoms with Crippen LogP contribution < -0.4 is 61.8 Å². The standard InChI is InChI=1S/C14H14NO2.C7H8N2O.2HI/c1-15-9-7-12(8-10-15)14(16)11-3-5-13(17-2)6-4-11;1-9-5-3-2-4-7(9)6-8-10;;/h3-10H,1-2H3;2-6H,1H3;2*1H/q+1;;;/p-1. The molecule has 29 heavy (non-hydrogen) atoms. The molecule has 0 bridgehead atoms. The van der Waals surface area contributed by atoms with Gasteiger partial charge in [0.25, 0.3) is 0 Å². The van der Waals surface area contributed by atoms with Gasteiger partial charge in [-0.05, 0) is 30.3 Å². The Kier molecular flexibility index (Phi) is 13.0. The van der Waals surface area contributed by atoms with Gasteiger partial charge < -0.3 is 57.9 Å². The third kappa shape index (κ3) is 8.44. The number of aryl methyl sites for hydroxylation is 2. The molecule has 2 heterocycles. The van der Waals surface area contributed by atoms with Crippen molar-refractivity contribution in [1.82, 2.24) is 0 Å². The Labute approximate surface area is 204 Å². The van der Waals surface area contributed by atoms with Gasteiger partial charge in [0.1, 0.15) is 26.1 Å². The number of rotatable bonds is 4. The van der Waals surface area contributed by atoms with Gasteiger partial charge in [-0.1, -0.05) is 5.16 Å². The fourth-order valence-electron chi connectivity index (χ4n) is 2.29. The van der Waals surface area contributed by atoms with E-state index in [1.165, 1.54) is 6.21 Å². The molecule has 0 aliphatic carbocycles. The van der Waals surface area contributed by atoms with Gasteiger partial charge in [0.2, 0.25) is 5.69 Å². The second kappa shape index (κ2) is 14.0. The molecule has 6 nitrogen and oxygen atoms in total. The number of pyridine rings is 2. The van der Waals surface area contributed by atoms with Crippen LogP contribution in [0.15, 0.2) is 78.3 Å². The average molecular weight is 619 g/mol. The van der Waals surface area contributed by atoms with Crippen molar-refractivity contribution in [3.63, 3.8) is 0 Å². The maximum atomic E-state index is 12.1. The van der Waals surface area contributed by atoms with Gasteiger partial charge >= 0.3 is 0 Å². The van der Waals surface area contributed by atoms with E-state index in [0.717, 1.165) is 11.4 Å². The van der Waals surface area contributed by atoms with Crippen LogP contribution in [0.25, 0.3) is 0 Å². The summed E-state index contributed by atoms with van der Waals surface area (Å²) >= 11 is 0. The number of ketones is 1. The molecule has 2 aromatic heterocycles. The monoisotopic (exact) mass is 619 g/mol. The summed E-state index contributed by atoms with van der Waals surface area (Å²) in [6, 6.07) is 16.4. The first kappa shape index (κ1) is 26.9. The Morgan fingerprint density at radius 1 is 0.931 bits per heavy atom. The van der Waals surface area contributed by atoms with E-state index in [9.17, 15) is 4.79 Å². The molecule has 0 aliphatic heterocycles. The van der Waals surface area contributed by atoms with Gasteiger partial charge in [-0.15, -0.1) is 0 Å². The lowest BCUT2D eigenvalue weighted by Crippen LogP contribution is -3.00. The quantitative estimate of drug-likeness (QED) is 0.0812. The zero-order valence-electron chi connectivity index (χ0n) is 16.4. The highest BCUT2D eigenvalue weighted by atomic mass is 127. The van der Waals surface area contributed by atoms with Crippen molar-refractivity contribution in [2.45, 2.75) is 0 Å². The van der Waals surface area contributed by atoms with Gasteiger partial charge in [0, 0.05) is 35.4 Å². The maximum absolute atomic E-state index is 12.1. The van der Waals surface area contributed by atoms with Crippen LogP contribution in [0.4, 0.5) is 0 Å². The second-order valence-corrected chi connectivity index (χ2v) is 5.79. The van der Waals surface area contributed by atoms with Crippen molar-refractivity contribution in [2.75, 3.05) is 7.11 Å². The van der Waals surface area contributed by atoms with E-state index in [-0.39, 0.29) is 53.7 Å². The van der Waals surface area contributed by atoms with Gasteiger partial charge in [0.15, 0.2) is 24.4 Å². The Morgan fingerprint density at radius 2 is 1.52 bits per heavy atom. The summed E-state index contributed by atoms with van der Waals surface area (Å²) in [6.45, 7) is 0. The fraction of sp³-hybridized carbons (Fsp3) is 0.143. The zero-order chi connectivity index (χ0) is 19.6. The summed E-state index contributed by atoms with van der Waals surface area (Å²) in [4.78, 5) is 12.1. The van der Waals surface area contributed by atoms with Crippen molar-refractivity contribution in [1.29, 1.82) is 0 Å². The molecular weight excluding hydrogens is 596 g/mol. The van der Waals surface area contributed by atoms with Gasteiger partial charge in [-0.2, -0.15) is 0 Å². The number of carbonyl (C=O) groups is 1. The Hall–Kier alpha value is -2.08. The predicted octanol–water partition coefficient (Wildman–Crippen LogP) is -3.92. The first-order chi connectivity index (χ1) is 13.0. The van der Waals surface area contributed by atoms with Crippen molar-refractivity contribution in [2.24, 2.45) is 19.3 Å². The van der Waals surface area contributed by atoms with Crippen molar-refractivity contribution < 1.29 is 71.8 Å². The number of nitrogens with zero attached hydrogens (tertiary/aromatic N) is 3. The minimum atomic E-state index is 0. The lowest BCUT2D eigenvalue weighted by atomic mass is 10.0. The van der Waals surface area contributed by atoms with Crippen molar-refractivity contribution in [3.05, 3.63) is 90.0 Å². The van der Waals surface area contributed by atoms with E-state index in [1.54, 1.807) is 31.4 Å². The predicted molar refractivity (Wildman–Crippen MR) is 101 cm³/mol. The normalized spacial score (nSPS) is 9.48. The smallest absolute Gasteiger partial charge is 0.226 e. The number of benzene rings is 1. The number of aromatic nitrogens is 2. The van der Waals surface area contributed by atoms with E-state index < -0.39 is 0 Å². The third-order valence-electron chi connectivity index (χ3n) is 3.88. The molecule has 1 aromatic carbocycles. The highest BCUT2D eigenvalue weighted by Crippen LogP contribution is 2.14. The first-order valence-corrected chi connectivity index (χ1v) is 8.31. The largest absolute Gasteiger partial charge is 1.00 e. The highest BCUT2D eigenvalue weighted by molar-refractivity contribution is 6.08. The van der Waals surface area contributed by atoms with Crippen LogP contribution in [-0.2, 0) is 14.1 Å². The number of oxime groups is 1. The number of methoxy groups -OCH3 is 1. The number of hydrogen-bond acceptors (Lipinski definition) is 4. The van der Waals surface area contributed by atoms with E-state index >= 15 is 0 Å². The molecule has 1 N–H and O–H groups in total. The van der Waals surface area contributed by atoms with Crippen LogP contribution in [0, 0.1) is 0 Å². The second-order valence-electron chi connectivity index (χ2n) is 5.79. The van der Waals surface area contributed by atoms with E-state index in [0.29, 0.717) is 11.1 Å². The maximum Gasteiger partial charge on any atom is 0.226 e. The molecule has 0 amide bonds. The first-order valence-electron chi connectivity index (χ1n) is 8.31. The summed E-state index contributed by atoms with van der Waals surface area (Å²) in [5, 5.41) is 11.1. The summed E-state index contributed by atoms with van der Waals surface area (Å²) in [5.74, 6) is 0.772. The number of hydrogen-bond donors (Lipinski definition) is 1. The fourth-order valence-corrected chi connectivity index (χ4v) is 2.29. The van der Waals surface area contributed by atoms with Crippen LogP contribution >= 0.6 is 0 Å². The summed E-state index contributed by atoms with van der Waals surface area (Å²) in [7, 11) is 5.41. The Morgan fingerprint density at radius 3 is 2.03 bits per heavy atom. The van der Waals surface area contributed by atoms with Crippen molar-refractivity contribution in [3.8, 4) is 5.75 Å². The molecule has 3 rings (SSSR count). The summed E-state index contributed by atoms with van der Waals surface area (Å²) in [6.07, 6.45) is 6.99. The molecule has 0 aliphatic rings. The highest BCUT2D eigenvalue weighted by Gasteiger charge is 2.10. The number of halogens is 2. The molecule has 0 atom stereocenters. The molecule has 0 radical (unpaired) electrons. The van der Waals surface area contributed by atoms with E-state index in [4.69, 9.17) is 9.94 Å². The molecule has 8 heteroatoms. The molecule has 3 aromatic rings. The van der Waals surface area contributed by atoms with Crippen LogP contribution in [0.2, 0.25) is 0 Å². The zero-order valence-corrected chi connectivity index (χ0v) is 20.7. The van der Waals surface area contributed by atoms with Gasteiger partial charge in [-0.3, -0.25) is 4.79 Å². The molecule has 0 saturated heterocycles. The number of ether oxygens (including phenoxy) is 1. The molecular formula is C21H23I2N3O3. The van der Waals surface area contributed by atoms with Crippen LogP contribution in [0.3, 0.4) is 0 Å². The van der Waals surface area contributed by atoms with Crippen LogP contribution in [-0.4, -0.2) is 24.3 Å². The van der Waals surface area contributed by atoms with Crippen molar-refractivity contribution >= 4 is 12.0 Å².